The fourth-order valence-electron chi connectivity index (χ4n) is 3.02. The second-order valence-electron chi connectivity index (χ2n) is 6.60. The number of nitrogens with two attached hydrogens (primary N) is 1. The number of hydrogen-bond donors (Lipinski definition) is 2. The van der Waals surface area contributed by atoms with E-state index in [1.165, 1.54) is 0 Å². The van der Waals surface area contributed by atoms with E-state index >= 15 is 0 Å². The number of amides is 1. The van der Waals surface area contributed by atoms with Gasteiger partial charge >= 0.3 is 0 Å². The summed E-state index contributed by atoms with van der Waals surface area (Å²) in [5.41, 5.74) is 7.94. The molecule has 2 aromatic carbocycles. The standard InChI is InChI=1S/C21H21Cl2N3O2/c22-15-6-9-17(18(23)12-15)19-13-26(11-1-2-20(24)28)21(25-19)10-5-14-3-7-16(27)8-4-14/h3-4,6-9,12-13,27H,1-2,5,10-11H2,(H2,24,28). The SMILES string of the molecule is NC(=O)CCCn1cc(-c2ccc(Cl)cc2Cl)nc1CCc1ccc(O)cc1. The lowest BCUT2D eigenvalue weighted by atomic mass is 10.1. The number of primary amides is 1. The first-order valence-corrected chi connectivity index (χ1v) is 9.75. The Kier molecular flexibility index (Phi) is 6.60. The summed E-state index contributed by atoms with van der Waals surface area (Å²) in [6.45, 7) is 0.645. The number of rotatable bonds is 8. The van der Waals surface area contributed by atoms with E-state index < -0.39 is 0 Å². The first-order chi connectivity index (χ1) is 13.4. The summed E-state index contributed by atoms with van der Waals surface area (Å²) in [6.07, 6.45) is 4.41. The minimum absolute atomic E-state index is 0.247. The van der Waals surface area contributed by atoms with Crippen molar-refractivity contribution in [3.63, 3.8) is 0 Å². The van der Waals surface area contributed by atoms with Crippen LogP contribution < -0.4 is 5.73 Å². The number of halogens is 2. The lowest BCUT2D eigenvalue weighted by molar-refractivity contribution is -0.118. The van der Waals surface area contributed by atoms with Crippen LogP contribution in [-0.4, -0.2) is 20.6 Å². The summed E-state index contributed by atoms with van der Waals surface area (Å²) in [5, 5.41) is 10.5. The second kappa shape index (κ2) is 9.13. The Bertz CT molecular complexity index is 968. The lowest BCUT2D eigenvalue weighted by Gasteiger charge is -2.07. The van der Waals surface area contributed by atoms with Crippen molar-refractivity contribution in [1.82, 2.24) is 9.55 Å². The van der Waals surface area contributed by atoms with Crippen LogP contribution >= 0.6 is 23.2 Å². The topological polar surface area (TPSA) is 81.1 Å². The molecule has 7 heteroatoms. The summed E-state index contributed by atoms with van der Waals surface area (Å²) < 4.78 is 2.05. The van der Waals surface area contributed by atoms with Crippen molar-refractivity contribution in [2.24, 2.45) is 5.73 Å². The van der Waals surface area contributed by atoms with Crippen molar-refractivity contribution in [2.45, 2.75) is 32.2 Å². The van der Waals surface area contributed by atoms with Gasteiger partial charge in [-0.3, -0.25) is 4.79 Å². The number of benzene rings is 2. The van der Waals surface area contributed by atoms with Crippen molar-refractivity contribution < 1.29 is 9.90 Å². The quantitative estimate of drug-likeness (QED) is 0.561. The second-order valence-corrected chi connectivity index (χ2v) is 7.44. The zero-order valence-corrected chi connectivity index (χ0v) is 16.7. The maximum Gasteiger partial charge on any atom is 0.217 e. The molecule has 0 saturated carbocycles. The minimum Gasteiger partial charge on any atom is -0.508 e. The molecule has 0 aliphatic heterocycles. The van der Waals surface area contributed by atoms with E-state index in [1.807, 2.05) is 29.0 Å². The summed E-state index contributed by atoms with van der Waals surface area (Å²) in [5.74, 6) is 0.835. The molecule has 1 heterocycles. The molecule has 3 rings (SSSR count). The number of aryl methyl sites for hydroxylation is 3. The Labute approximate surface area is 173 Å². The van der Waals surface area contributed by atoms with Gasteiger partial charge in [-0.15, -0.1) is 0 Å². The Morgan fingerprint density at radius 2 is 1.86 bits per heavy atom. The number of phenols is 1. The Morgan fingerprint density at radius 3 is 2.54 bits per heavy atom. The molecular weight excluding hydrogens is 397 g/mol. The molecule has 5 nitrogen and oxygen atoms in total. The number of aromatic hydroxyl groups is 1. The number of carbonyl (C=O) groups excluding carboxylic acids is 1. The molecule has 0 aliphatic carbocycles. The van der Waals surface area contributed by atoms with Crippen molar-refractivity contribution in [3.05, 3.63) is 70.1 Å². The molecule has 0 atom stereocenters. The molecular formula is C21H21Cl2N3O2. The molecule has 3 N–H and O–H groups in total. The monoisotopic (exact) mass is 417 g/mol. The van der Waals surface area contributed by atoms with Crippen LogP contribution in [0.1, 0.15) is 24.2 Å². The van der Waals surface area contributed by atoms with Gasteiger partial charge in [-0.25, -0.2) is 4.98 Å². The predicted molar refractivity (Wildman–Crippen MR) is 112 cm³/mol. The van der Waals surface area contributed by atoms with Gasteiger partial charge in [0.2, 0.25) is 5.91 Å². The van der Waals surface area contributed by atoms with E-state index in [2.05, 4.69) is 0 Å². The fraction of sp³-hybridized carbons (Fsp3) is 0.238. The number of imidazole rings is 1. The van der Waals surface area contributed by atoms with Gasteiger partial charge in [0.15, 0.2) is 0 Å². The van der Waals surface area contributed by atoms with Gasteiger partial charge < -0.3 is 15.4 Å². The molecule has 0 bridgehead atoms. The molecule has 0 spiro atoms. The Hall–Kier alpha value is -2.50. The van der Waals surface area contributed by atoms with Gasteiger partial charge in [-0.1, -0.05) is 35.3 Å². The molecule has 0 radical (unpaired) electrons. The zero-order valence-electron chi connectivity index (χ0n) is 15.2. The molecule has 146 valence electrons. The van der Waals surface area contributed by atoms with Crippen LogP contribution in [0.5, 0.6) is 5.75 Å². The number of carbonyl (C=O) groups is 1. The number of aromatic nitrogens is 2. The number of hydrogen-bond acceptors (Lipinski definition) is 3. The molecule has 3 aromatic rings. The molecule has 0 fully saturated rings. The number of nitrogens with zero attached hydrogens (tertiary/aromatic N) is 2. The van der Waals surface area contributed by atoms with Gasteiger partial charge in [0, 0.05) is 36.2 Å². The highest BCUT2D eigenvalue weighted by atomic mass is 35.5. The van der Waals surface area contributed by atoms with E-state index in [0.717, 1.165) is 29.1 Å². The molecule has 28 heavy (non-hydrogen) atoms. The van der Waals surface area contributed by atoms with Crippen LogP contribution in [0.2, 0.25) is 10.0 Å². The van der Waals surface area contributed by atoms with Gasteiger partial charge in [0.05, 0.1) is 10.7 Å². The summed E-state index contributed by atoms with van der Waals surface area (Å²) in [7, 11) is 0. The first-order valence-electron chi connectivity index (χ1n) is 9.00. The first kappa shape index (κ1) is 20.2. The van der Waals surface area contributed by atoms with E-state index in [-0.39, 0.29) is 11.7 Å². The summed E-state index contributed by atoms with van der Waals surface area (Å²) in [6, 6.07) is 12.5. The van der Waals surface area contributed by atoms with E-state index in [4.69, 9.17) is 33.9 Å². The van der Waals surface area contributed by atoms with Crippen molar-refractivity contribution >= 4 is 29.1 Å². The summed E-state index contributed by atoms with van der Waals surface area (Å²) >= 11 is 12.3. The highest BCUT2D eigenvalue weighted by Crippen LogP contribution is 2.30. The highest BCUT2D eigenvalue weighted by Gasteiger charge is 2.13. The Morgan fingerprint density at radius 1 is 1.11 bits per heavy atom. The van der Waals surface area contributed by atoms with E-state index in [0.29, 0.717) is 35.9 Å². The normalized spacial score (nSPS) is 10.9. The Balaban J connectivity index is 1.83. The highest BCUT2D eigenvalue weighted by molar-refractivity contribution is 6.36. The van der Waals surface area contributed by atoms with Crippen molar-refractivity contribution in [2.75, 3.05) is 0 Å². The maximum atomic E-state index is 11.1. The third kappa shape index (κ3) is 5.27. The van der Waals surface area contributed by atoms with Crippen molar-refractivity contribution in [1.29, 1.82) is 0 Å². The van der Waals surface area contributed by atoms with E-state index in [1.54, 1.807) is 24.3 Å². The molecule has 1 aromatic heterocycles. The fourth-order valence-corrected chi connectivity index (χ4v) is 3.52. The van der Waals surface area contributed by atoms with Crippen LogP contribution in [0.25, 0.3) is 11.3 Å². The smallest absolute Gasteiger partial charge is 0.217 e. The lowest BCUT2D eigenvalue weighted by Crippen LogP contribution is -2.12. The van der Waals surface area contributed by atoms with Gasteiger partial charge in [0.1, 0.15) is 11.6 Å². The summed E-state index contributed by atoms with van der Waals surface area (Å²) in [4.78, 5) is 15.8. The van der Waals surface area contributed by atoms with Gasteiger partial charge in [-0.05, 0) is 48.7 Å². The maximum absolute atomic E-state index is 11.1. The third-order valence-electron chi connectivity index (χ3n) is 4.46. The van der Waals surface area contributed by atoms with E-state index in [9.17, 15) is 9.90 Å². The zero-order chi connectivity index (χ0) is 20.1. The molecule has 1 amide bonds. The van der Waals surface area contributed by atoms with Crippen LogP contribution in [0, 0.1) is 0 Å². The minimum atomic E-state index is -0.313. The van der Waals surface area contributed by atoms with Crippen LogP contribution in [0.3, 0.4) is 0 Å². The average Bonchev–Trinajstić information content (AvgIpc) is 3.03. The predicted octanol–water partition coefficient (Wildman–Crippen LogP) is 4.61. The van der Waals surface area contributed by atoms with Crippen molar-refractivity contribution in [3.8, 4) is 17.0 Å². The van der Waals surface area contributed by atoms with Gasteiger partial charge in [-0.2, -0.15) is 0 Å². The number of phenolic OH excluding ortho intramolecular Hbond substituents is 1. The molecule has 0 aliphatic rings. The largest absolute Gasteiger partial charge is 0.508 e. The van der Waals surface area contributed by atoms with Crippen LogP contribution in [0.4, 0.5) is 0 Å². The van der Waals surface area contributed by atoms with Crippen LogP contribution in [-0.2, 0) is 24.2 Å². The molecule has 0 unspecified atom stereocenters. The van der Waals surface area contributed by atoms with Crippen LogP contribution in [0.15, 0.2) is 48.7 Å². The molecule has 0 saturated heterocycles. The average molecular weight is 418 g/mol. The van der Waals surface area contributed by atoms with Gasteiger partial charge in [0.25, 0.3) is 0 Å². The third-order valence-corrected chi connectivity index (χ3v) is 5.01.